The Labute approximate surface area is 134 Å². The highest BCUT2D eigenvalue weighted by Gasteiger charge is 2.18. The van der Waals surface area contributed by atoms with Crippen LogP contribution in [0.3, 0.4) is 0 Å². The van der Waals surface area contributed by atoms with Gasteiger partial charge >= 0.3 is 0 Å². The zero-order chi connectivity index (χ0) is 17.0. The molecule has 0 aliphatic heterocycles. The molecule has 0 spiro atoms. The molecule has 1 heterocycles. The third-order valence-corrected chi connectivity index (χ3v) is 3.62. The maximum Gasteiger partial charge on any atom is 0.238 e. The first-order valence-electron chi connectivity index (χ1n) is 7.28. The van der Waals surface area contributed by atoms with Gasteiger partial charge in [0, 0.05) is 12.3 Å². The highest BCUT2D eigenvalue weighted by atomic mass is 19.1. The van der Waals surface area contributed by atoms with E-state index in [4.69, 9.17) is 10.6 Å². The van der Waals surface area contributed by atoms with E-state index in [1.807, 2.05) is 13.8 Å². The van der Waals surface area contributed by atoms with E-state index in [1.54, 1.807) is 18.3 Å². The quantitative estimate of drug-likeness (QED) is 0.505. The third kappa shape index (κ3) is 3.84. The van der Waals surface area contributed by atoms with Gasteiger partial charge in [-0.1, -0.05) is 13.8 Å². The van der Waals surface area contributed by atoms with Crippen molar-refractivity contribution in [2.75, 3.05) is 7.11 Å². The molecule has 0 aliphatic rings. The maximum absolute atomic E-state index is 14.1. The summed E-state index contributed by atoms with van der Waals surface area (Å²) in [4.78, 5) is 15.8. The van der Waals surface area contributed by atoms with Crippen LogP contribution < -0.4 is 16.0 Å². The number of halogens is 1. The summed E-state index contributed by atoms with van der Waals surface area (Å²) < 4.78 is 19.2. The lowest BCUT2D eigenvalue weighted by atomic mass is 9.88. The summed E-state index contributed by atoms with van der Waals surface area (Å²) in [7, 11) is 1.51. The Morgan fingerprint density at radius 3 is 2.74 bits per heavy atom. The van der Waals surface area contributed by atoms with Crippen molar-refractivity contribution in [3.63, 3.8) is 0 Å². The van der Waals surface area contributed by atoms with Crippen LogP contribution >= 0.6 is 0 Å². The molecule has 0 aliphatic carbocycles. The van der Waals surface area contributed by atoms with E-state index in [9.17, 15) is 9.18 Å². The number of methoxy groups -OCH3 is 1. The molecule has 0 saturated carbocycles. The van der Waals surface area contributed by atoms with Crippen LogP contribution in [0.2, 0.25) is 0 Å². The molecule has 2 aromatic rings. The molecule has 0 saturated heterocycles. The van der Waals surface area contributed by atoms with Crippen LogP contribution in [0.4, 0.5) is 4.39 Å². The Kier molecular flexibility index (Phi) is 5.28. The molecule has 0 radical (unpaired) electrons. The average Bonchev–Trinajstić information content (AvgIpc) is 2.55. The van der Waals surface area contributed by atoms with Gasteiger partial charge in [-0.2, -0.15) is 0 Å². The number of hydrogen-bond donors (Lipinski definition) is 2. The van der Waals surface area contributed by atoms with Crippen molar-refractivity contribution in [3.05, 3.63) is 47.4 Å². The van der Waals surface area contributed by atoms with Crippen molar-refractivity contribution in [3.8, 4) is 17.0 Å². The van der Waals surface area contributed by atoms with Crippen molar-refractivity contribution in [2.24, 2.45) is 5.84 Å². The highest BCUT2D eigenvalue weighted by Crippen LogP contribution is 2.33. The zero-order valence-electron chi connectivity index (χ0n) is 13.4. The molecule has 3 N–H and O–H groups in total. The number of benzene rings is 1. The Morgan fingerprint density at radius 1 is 1.39 bits per heavy atom. The minimum Gasteiger partial charge on any atom is -0.481 e. The predicted octanol–water partition coefficient (Wildman–Crippen LogP) is 2.55. The van der Waals surface area contributed by atoms with Gasteiger partial charge in [-0.15, -0.1) is 0 Å². The molecule has 0 fully saturated rings. The van der Waals surface area contributed by atoms with Gasteiger partial charge in [0.1, 0.15) is 5.82 Å². The summed E-state index contributed by atoms with van der Waals surface area (Å²) in [6, 6.07) is 6.35. The van der Waals surface area contributed by atoms with Crippen LogP contribution in [0.5, 0.6) is 5.88 Å². The Morgan fingerprint density at radius 2 is 2.13 bits per heavy atom. The van der Waals surface area contributed by atoms with Gasteiger partial charge in [-0.3, -0.25) is 10.2 Å². The Balaban J connectivity index is 2.66. The topological polar surface area (TPSA) is 77.2 Å². The summed E-state index contributed by atoms with van der Waals surface area (Å²) in [6.45, 7) is 3.91. The fourth-order valence-corrected chi connectivity index (χ4v) is 2.53. The van der Waals surface area contributed by atoms with Crippen molar-refractivity contribution < 1.29 is 13.9 Å². The van der Waals surface area contributed by atoms with Crippen molar-refractivity contribution in [2.45, 2.75) is 26.2 Å². The van der Waals surface area contributed by atoms with Crippen LogP contribution in [0.25, 0.3) is 11.1 Å². The molecule has 1 amide bonds. The van der Waals surface area contributed by atoms with Crippen LogP contribution in [-0.2, 0) is 11.2 Å². The second kappa shape index (κ2) is 7.19. The van der Waals surface area contributed by atoms with E-state index in [1.165, 1.54) is 19.2 Å². The minimum atomic E-state index is -0.351. The number of carbonyl (C=O) groups excluding carboxylic acids is 1. The first kappa shape index (κ1) is 16.9. The van der Waals surface area contributed by atoms with Gasteiger partial charge < -0.3 is 4.74 Å². The van der Waals surface area contributed by atoms with E-state index in [0.29, 0.717) is 11.4 Å². The monoisotopic (exact) mass is 317 g/mol. The van der Waals surface area contributed by atoms with E-state index in [-0.39, 0.29) is 24.1 Å². The Bertz CT molecular complexity index is 717. The van der Waals surface area contributed by atoms with Gasteiger partial charge in [0.05, 0.1) is 13.5 Å². The number of amides is 1. The summed E-state index contributed by atoms with van der Waals surface area (Å²) in [5.74, 6) is 5.01. The molecular formula is C17H20FN3O2. The zero-order valence-corrected chi connectivity index (χ0v) is 13.4. The first-order chi connectivity index (χ1) is 11.0. The number of aromatic nitrogens is 1. The van der Waals surface area contributed by atoms with E-state index in [2.05, 4.69) is 10.4 Å². The van der Waals surface area contributed by atoms with E-state index >= 15 is 0 Å². The molecule has 1 aromatic heterocycles. The second-order valence-electron chi connectivity index (χ2n) is 5.51. The van der Waals surface area contributed by atoms with Gasteiger partial charge in [-0.05, 0) is 46.4 Å². The largest absolute Gasteiger partial charge is 0.481 e. The van der Waals surface area contributed by atoms with E-state index in [0.717, 1.165) is 16.7 Å². The first-order valence-corrected chi connectivity index (χ1v) is 7.28. The summed E-state index contributed by atoms with van der Waals surface area (Å²) in [5.41, 5.74) is 5.02. The lowest BCUT2D eigenvalue weighted by Crippen LogP contribution is -2.32. The van der Waals surface area contributed by atoms with Crippen molar-refractivity contribution in [1.29, 1.82) is 0 Å². The number of nitrogens with zero attached hydrogens (tertiary/aromatic N) is 1. The fraction of sp³-hybridized carbons (Fsp3) is 0.294. The fourth-order valence-electron chi connectivity index (χ4n) is 2.53. The van der Waals surface area contributed by atoms with Crippen LogP contribution in [0, 0.1) is 5.82 Å². The molecule has 2 rings (SSSR count). The van der Waals surface area contributed by atoms with Gasteiger partial charge in [-0.25, -0.2) is 15.2 Å². The second-order valence-corrected chi connectivity index (χ2v) is 5.51. The average molecular weight is 317 g/mol. The van der Waals surface area contributed by atoms with Crippen LogP contribution in [-0.4, -0.2) is 18.0 Å². The van der Waals surface area contributed by atoms with Crippen LogP contribution in [0.1, 0.15) is 30.9 Å². The smallest absolute Gasteiger partial charge is 0.238 e. The van der Waals surface area contributed by atoms with Crippen LogP contribution in [0.15, 0.2) is 30.5 Å². The van der Waals surface area contributed by atoms with Crippen molar-refractivity contribution in [1.82, 2.24) is 10.4 Å². The number of nitrogens with one attached hydrogen (secondary N) is 1. The Hall–Kier alpha value is -2.47. The SMILES string of the molecule is COc1cc(-c2cc(F)cc(C(C)C)c2CC(=O)NN)ccn1. The van der Waals surface area contributed by atoms with Crippen molar-refractivity contribution >= 4 is 5.91 Å². The highest BCUT2D eigenvalue weighted by molar-refractivity contribution is 5.82. The maximum atomic E-state index is 14.1. The molecule has 6 heteroatoms. The lowest BCUT2D eigenvalue weighted by Gasteiger charge is -2.18. The normalized spacial score (nSPS) is 10.7. The number of carbonyl (C=O) groups is 1. The molecule has 0 unspecified atom stereocenters. The standard InChI is InChI=1S/C17H20FN3O2/c1-10(2)13-7-12(18)8-14(15(13)9-16(22)21-19)11-4-5-20-17(6-11)23-3/h4-8,10H,9,19H2,1-3H3,(H,21,22). The molecule has 0 bridgehead atoms. The number of nitrogens with two attached hydrogens (primary N) is 1. The number of hydrogen-bond acceptors (Lipinski definition) is 4. The summed E-state index contributed by atoms with van der Waals surface area (Å²) in [5, 5.41) is 0. The molecule has 1 aromatic carbocycles. The minimum absolute atomic E-state index is 0.0637. The number of hydrazine groups is 1. The number of rotatable bonds is 5. The molecule has 0 atom stereocenters. The predicted molar refractivity (Wildman–Crippen MR) is 86.3 cm³/mol. The van der Waals surface area contributed by atoms with Gasteiger partial charge in [0.2, 0.25) is 11.8 Å². The number of pyridine rings is 1. The third-order valence-electron chi connectivity index (χ3n) is 3.62. The molecule has 5 nitrogen and oxygen atoms in total. The van der Waals surface area contributed by atoms with Gasteiger partial charge in [0.15, 0.2) is 0 Å². The summed E-state index contributed by atoms with van der Waals surface area (Å²) >= 11 is 0. The lowest BCUT2D eigenvalue weighted by molar-refractivity contribution is -0.120. The molecule has 23 heavy (non-hydrogen) atoms. The van der Waals surface area contributed by atoms with Gasteiger partial charge in [0.25, 0.3) is 0 Å². The molecule has 122 valence electrons. The summed E-state index contributed by atoms with van der Waals surface area (Å²) in [6.07, 6.45) is 1.66. The number of ether oxygens (including phenoxy) is 1. The van der Waals surface area contributed by atoms with E-state index < -0.39 is 0 Å². The molecular weight excluding hydrogens is 297 g/mol.